The molecule has 0 bridgehead atoms. The van der Waals surface area contributed by atoms with E-state index in [1.54, 1.807) is 4.90 Å². The Balaban J connectivity index is 1.64. The summed E-state index contributed by atoms with van der Waals surface area (Å²) in [7, 11) is 0. The third-order valence-corrected chi connectivity index (χ3v) is 4.94. The molecule has 4 heteroatoms. The number of carbonyl (C=O) groups excluding carboxylic acids is 2. The molecule has 0 saturated carbocycles. The highest BCUT2D eigenvalue weighted by atomic mass is 16.2. The number of likely N-dealkylation sites (tertiary alicyclic amines) is 1. The second-order valence-electron chi connectivity index (χ2n) is 6.90. The molecule has 2 aromatic carbocycles. The number of hydrogen-bond donors (Lipinski definition) is 1. The second kappa shape index (κ2) is 7.09. The van der Waals surface area contributed by atoms with Crippen LogP contribution in [0.2, 0.25) is 0 Å². The summed E-state index contributed by atoms with van der Waals surface area (Å²) in [5, 5.41) is 2.99. The molecule has 0 aromatic heterocycles. The SMILES string of the molecule is Cc1ccc(CN2CC(C(=O)Nc3cccc(C)c3C)CC2=O)cc1. The van der Waals surface area contributed by atoms with Gasteiger partial charge in [-0.15, -0.1) is 0 Å². The lowest BCUT2D eigenvalue weighted by Crippen LogP contribution is -2.28. The predicted molar refractivity (Wildman–Crippen MR) is 99.2 cm³/mol. The van der Waals surface area contributed by atoms with Gasteiger partial charge in [0.15, 0.2) is 0 Å². The maximum atomic E-state index is 12.6. The Morgan fingerprint density at radius 1 is 1.12 bits per heavy atom. The lowest BCUT2D eigenvalue weighted by atomic mass is 10.1. The minimum Gasteiger partial charge on any atom is -0.338 e. The third-order valence-electron chi connectivity index (χ3n) is 4.94. The molecule has 2 amide bonds. The zero-order valence-corrected chi connectivity index (χ0v) is 15.0. The molecule has 1 aliphatic heterocycles. The minimum absolute atomic E-state index is 0.0432. The molecule has 1 atom stereocenters. The van der Waals surface area contributed by atoms with Crippen molar-refractivity contribution >= 4 is 17.5 Å². The van der Waals surface area contributed by atoms with Gasteiger partial charge >= 0.3 is 0 Å². The first-order valence-corrected chi connectivity index (χ1v) is 8.64. The number of nitrogens with one attached hydrogen (secondary N) is 1. The first-order chi connectivity index (χ1) is 11.9. The zero-order valence-electron chi connectivity index (χ0n) is 15.0. The summed E-state index contributed by atoms with van der Waals surface area (Å²) in [6.07, 6.45) is 0.280. The van der Waals surface area contributed by atoms with E-state index in [9.17, 15) is 9.59 Å². The van der Waals surface area contributed by atoms with Gasteiger partial charge in [0.2, 0.25) is 11.8 Å². The van der Waals surface area contributed by atoms with Crippen molar-refractivity contribution in [2.75, 3.05) is 11.9 Å². The lowest BCUT2D eigenvalue weighted by molar-refractivity contribution is -0.128. The van der Waals surface area contributed by atoms with Gasteiger partial charge in [0.1, 0.15) is 0 Å². The van der Waals surface area contributed by atoms with Crippen molar-refractivity contribution in [3.63, 3.8) is 0 Å². The van der Waals surface area contributed by atoms with Crippen molar-refractivity contribution in [3.8, 4) is 0 Å². The van der Waals surface area contributed by atoms with E-state index in [0.717, 1.165) is 22.4 Å². The highest BCUT2D eigenvalue weighted by Gasteiger charge is 2.34. The molecule has 3 rings (SSSR count). The molecule has 4 nitrogen and oxygen atoms in total. The summed E-state index contributed by atoms with van der Waals surface area (Å²) in [5.41, 5.74) is 5.32. The van der Waals surface area contributed by atoms with Gasteiger partial charge < -0.3 is 10.2 Å². The Kier molecular flexibility index (Phi) is 4.88. The van der Waals surface area contributed by atoms with Gasteiger partial charge in [-0.3, -0.25) is 9.59 Å². The van der Waals surface area contributed by atoms with Crippen molar-refractivity contribution in [1.82, 2.24) is 4.90 Å². The average molecular weight is 336 g/mol. The largest absolute Gasteiger partial charge is 0.338 e. The number of benzene rings is 2. The summed E-state index contributed by atoms with van der Waals surface area (Å²) >= 11 is 0. The molecule has 1 saturated heterocycles. The van der Waals surface area contributed by atoms with E-state index >= 15 is 0 Å². The van der Waals surface area contributed by atoms with Crippen LogP contribution in [0.1, 0.15) is 28.7 Å². The second-order valence-corrected chi connectivity index (χ2v) is 6.90. The summed E-state index contributed by atoms with van der Waals surface area (Å²) < 4.78 is 0. The Morgan fingerprint density at radius 2 is 1.84 bits per heavy atom. The summed E-state index contributed by atoms with van der Waals surface area (Å²) in [5.74, 6) is -0.326. The van der Waals surface area contributed by atoms with Crippen molar-refractivity contribution in [2.24, 2.45) is 5.92 Å². The van der Waals surface area contributed by atoms with Crippen molar-refractivity contribution in [3.05, 3.63) is 64.7 Å². The monoisotopic (exact) mass is 336 g/mol. The lowest BCUT2D eigenvalue weighted by Gasteiger charge is -2.17. The number of anilines is 1. The van der Waals surface area contributed by atoms with Gasteiger partial charge in [0.25, 0.3) is 0 Å². The van der Waals surface area contributed by atoms with Crippen molar-refractivity contribution < 1.29 is 9.59 Å². The Labute approximate surface area is 148 Å². The van der Waals surface area contributed by atoms with Gasteiger partial charge in [-0.05, 0) is 43.5 Å². The molecule has 0 radical (unpaired) electrons. The molecule has 1 aliphatic rings. The molecule has 0 spiro atoms. The summed E-state index contributed by atoms with van der Waals surface area (Å²) in [4.78, 5) is 26.6. The predicted octanol–water partition coefficient (Wildman–Crippen LogP) is 3.60. The van der Waals surface area contributed by atoms with Gasteiger partial charge in [0.05, 0.1) is 5.92 Å². The highest BCUT2D eigenvalue weighted by molar-refractivity contribution is 5.97. The molecule has 130 valence electrons. The normalized spacial score (nSPS) is 17.0. The van der Waals surface area contributed by atoms with E-state index in [1.165, 1.54) is 5.56 Å². The van der Waals surface area contributed by atoms with Crippen LogP contribution in [0.4, 0.5) is 5.69 Å². The van der Waals surface area contributed by atoms with Crippen molar-refractivity contribution in [1.29, 1.82) is 0 Å². The summed E-state index contributed by atoms with van der Waals surface area (Å²) in [6, 6.07) is 14.0. The minimum atomic E-state index is -0.294. The summed E-state index contributed by atoms with van der Waals surface area (Å²) in [6.45, 7) is 7.09. The molecule has 25 heavy (non-hydrogen) atoms. The standard InChI is InChI=1S/C21H24N2O2/c1-14-7-9-17(10-8-14)12-23-13-18(11-20(23)24)21(25)22-19-6-4-5-15(2)16(19)3/h4-10,18H,11-13H2,1-3H3,(H,22,25). The fraction of sp³-hybridized carbons (Fsp3) is 0.333. The van der Waals surface area contributed by atoms with Gasteiger partial charge in [-0.1, -0.05) is 42.0 Å². The molecule has 1 N–H and O–H groups in total. The first-order valence-electron chi connectivity index (χ1n) is 8.64. The third kappa shape index (κ3) is 3.90. The number of rotatable bonds is 4. The topological polar surface area (TPSA) is 49.4 Å². The average Bonchev–Trinajstić information content (AvgIpc) is 2.95. The van der Waals surface area contributed by atoms with E-state index < -0.39 is 0 Å². The van der Waals surface area contributed by atoms with Crippen LogP contribution >= 0.6 is 0 Å². The van der Waals surface area contributed by atoms with Gasteiger partial charge in [0, 0.05) is 25.2 Å². The van der Waals surface area contributed by atoms with Crippen LogP contribution in [0, 0.1) is 26.7 Å². The molecular formula is C21H24N2O2. The van der Waals surface area contributed by atoms with E-state index in [0.29, 0.717) is 13.1 Å². The Bertz CT molecular complexity index is 796. The fourth-order valence-corrected chi connectivity index (χ4v) is 3.14. The molecule has 2 aromatic rings. The Morgan fingerprint density at radius 3 is 2.56 bits per heavy atom. The van der Waals surface area contributed by atoms with E-state index in [4.69, 9.17) is 0 Å². The van der Waals surface area contributed by atoms with E-state index in [1.807, 2.05) is 63.2 Å². The van der Waals surface area contributed by atoms with Crippen LogP contribution in [-0.2, 0) is 16.1 Å². The van der Waals surface area contributed by atoms with Crippen LogP contribution in [-0.4, -0.2) is 23.3 Å². The maximum Gasteiger partial charge on any atom is 0.229 e. The molecule has 1 unspecified atom stereocenters. The molecular weight excluding hydrogens is 312 g/mol. The van der Waals surface area contributed by atoms with Gasteiger partial charge in [-0.25, -0.2) is 0 Å². The molecule has 1 heterocycles. The van der Waals surface area contributed by atoms with Crippen LogP contribution in [0.5, 0.6) is 0 Å². The number of hydrogen-bond acceptors (Lipinski definition) is 2. The van der Waals surface area contributed by atoms with Crippen molar-refractivity contribution in [2.45, 2.75) is 33.7 Å². The molecule has 0 aliphatic carbocycles. The molecule has 1 fully saturated rings. The highest BCUT2D eigenvalue weighted by Crippen LogP contribution is 2.24. The quantitative estimate of drug-likeness (QED) is 0.927. The van der Waals surface area contributed by atoms with Crippen LogP contribution in [0.3, 0.4) is 0 Å². The van der Waals surface area contributed by atoms with E-state index in [2.05, 4.69) is 5.32 Å². The van der Waals surface area contributed by atoms with Crippen LogP contribution in [0.15, 0.2) is 42.5 Å². The number of amides is 2. The first kappa shape index (κ1) is 17.2. The number of aryl methyl sites for hydroxylation is 2. The van der Waals surface area contributed by atoms with Gasteiger partial charge in [-0.2, -0.15) is 0 Å². The van der Waals surface area contributed by atoms with Crippen LogP contribution < -0.4 is 5.32 Å². The number of nitrogens with zero attached hydrogens (tertiary/aromatic N) is 1. The Hall–Kier alpha value is -2.62. The smallest absolute Gasteiger partial charge is 0.229 e. The number of carbonyl (C=O) groups is 2. The van der Waals surface area contributed by atoms with Crippen LogP contribution in [0.25, 0.3) is 0 Å². The zero-order chi connectivity index (χ0) is 18.0. The van der Waals surface area contributed by atoms with E-state index in [-0.39, 0.29) is 24.2 Å². The maximum absolute atomic E-state index is 12.6. The fourth-order valence-electron chi connectivity index (χ4n) is 3.14.